The van der Waals surface area contributed by atoms with Crippen molar-refractivity contribution in [1.82, 2.24) is 0 Å². The number of hydrogen-bond acceptors (Lipinski definition) is 1. The van der Waals surface area contributed by atoms with Crippen LogP contribution in [-0.2, 0) is 4.74 Å². The molecule has 5 fully saturated rings. The van der Waals surface area contributed by atoms with E-state index in [9.17, 15) is 0 Å². The van der Waals surface area contributed by atoms with E-state index < -0.39 is 0 Å². The summed E-state index contributed by atoms with van der Waals surface area (Å²) < 4.78 is 5.76. The number of ether oxygens (including phenoxy) is 1. The summed E-state index contributed by atoms with van der Waals surface area (Å²) in [6, 6.07) is 0. The quantitative estimate of drug-likeness (QED) is 0.533. The Hall–Kier alpha value is -0.0400. The van der Waals surface area contributed by atoms with E-state index in [1.807, 2.05) is 0 Å². The Morgan fingerprint density at radius 3 is 2.25 bits per heavy atom. The van der Waals surface area contributed by atoms with Crippen LogP contribution in [0.3, 0.4) is 0 Å². The highest BCUT2D eigenvalue weighted by atomic mass is 16.5. The summed E-state index contributed by atoms with van der Waals surface area (Å²) in [5.74, 6) is 3.18. The molecule has 1 heterocycles. The molecule has 5 rings (SSSR count). The zero-order chi connectivity index (χ0) is 7.76. The highest BCUT2D eigenvalue weighted by Crippen LogP contribution is 2.64. The van der Waals surface area contributed by atoms with Crippen molar-refractivity contribution in [3.8, 4) is 0 Å². The lowest BCUT2D eigenvalue weighted by molar-refractivity contribution is -0.286. The summed E-state index contributed by atoms with van der Waals surface area (Å²) in [4.78, 5) is 0. The number of rotatable bonds is 0. The second kappa shape index (κ2) is 1.75. The molecule has 0 aromatic heterocycles. The van der Waals surface area contributed by atoms with Crippen molar-refractivity contribution in [3.05, 3.63) is 0 Å². The van der Waals surface area contributed by atoms with E-state index in [0.717, 1.165) is 29.8 Å². The van der Waals surface area contributed by atoms with Crippen LogP contribution in [0.15, 0.2) is 0 Å². The lowest BCUT2D eigenvalue weighted by Gasteiger charge is -2.66. The number of hydrogen-bond donors (Lipinski definition) is 0. The molecule has 1 aliphatic heterocycles. The van der Waals surface area contributed by atoms with Gasteiger partial charge in [0.05, 0.1) is 12.7 Å². The van der Waals surface area contributed by atoms with Crippen LogP contribution in [0.2, 0.25) is 0 Å². The van der Waals surface area contributed by atoms with E-state index in [2.05, 4.69) is 0 Å². The lowest BCUT2D eigenvalue weighted by Crippen LogP contribution is -2.65. The topological polar surface area (TPSA) is 9.23 Å². The first-order chi connectivity index (χ1) is 5.86. The standard InChI is InChI=1S/C11H16O/c1-7-2-9-3-8(1)5-11(4-7)6-12-10(9)11/h7-10H,1-6H2/t7-,8+,9?,10?,11?. The highest BCUT2D eigenvalue weighted by molar-refractivity contribution is 5.11. The van der Waals surface area contributed by atoms with E-state index in [0.29, 0.717) is 6.10 Å². The predicted molar refractivity (Wildman–Crippen MR) is 45.7 cm³/mol. The van der Waals surface area contributed by atoms with Crippen molar-refractivity contribution in [2.75, 3.05) is 6.61 Å². The highest BCUT2D eigenvalue weighted by Gasteiger charge is 2.62. The molecular weight excluding hydrogens is 148 g/mol. The van der Waals surface area contributed by atoms with Crippen LogP contribution in [0.25, 0.3) is 0 Å². The van der Waals surface area contributed by atoms with E-state index in [1.54, 1.807) is 6.42 Å². The molecule has 3 unspecified atom stereocenters. The Balaban J connectivity index is 1.80. The summed E-state index contributed by atoms with van der Waals surface area (Å²) >= 11 is 0. The minimum absolute atomic E-state index is 0.713. The van der Waals surface area contributed by atoms with Gasteiger partial charge < -0.3 is 4.74 Å². The average molecular weight is 164 g/mol. The minimum Gasteiger partial charge on any atom is -0.377 e. The van der Waals surface area contributed by atoms with Crippen LogP contribution in [0.5, 0.6) is 0 Å². The van der Waals surface area contributed by atoms with Gasteiger partial charge in [-0.1, -0.05) is 0 Å². The Morgan fingerprint density at radius 2 is 1.75 bits per heavy atom. The van der Waals surface area contributed by atoms with Gasteiger partial charge in [-0.2, -0.15) is 0 Å². The van der Waals surface area contributed by atoms with Gasteiger partial charge in [-0.25, -0.2) is 0 Å². The molecule has 1 heteroatoms. The first-order valence-electron chi connectivity index (χ1n) is 5.47. The Morgan fingerprint density at radius 1 is 1.00 bits per heavy atom. The Labute approximate surface area is 73.5 Å². The van der Waals surface area contributed by atoms with Crippen molar-refractivity contribution >= 4 is 0 Å². The molecule has 12 heavy (non-hydrogen) atoms. The molecule has 5 aliphatic rings. The molecule has 1 spiro atoms. The molecule has 1 saturated heterocycles. The van der Waals surface area contributed by atoms with E-state index >= 15 is 0 Å². The van der Waals surface area contributed by atoms with Gasteiger partial charge >= 0.3 is 0 Å². The lowest BCUT2D eigenvalue weighted by atomic mass is 9.46. The molecule has 0 amide bonds. The van der Waals surface area contributed by atoms with Gasteiger partial charge in [-0.15, -0.1) is 0 Å². The van der Waals surface area contributed by atoms with Crippen LogP contribution in [0, 0.1) is 23.2 Å². The minimum atomic E-state index is 0.713. The smallest absolute Gasteiger partial charge is 0.0682 e. The molecule has 0 N–H and O–H groups in total. The Kier molecular flexibility index (Phi) is 0.934. The van der Waals surface area contributed by atoms with Crippen LogP contribution in [0.1, 0.15) is 32.1 Å². The predicted octanol–water partition coefficient (Wildman–Crippen LogP) is 2.21. The summed E-state index contributed by atoms with van der Waals surface area (Å²) in [5.41, 5.74) is 0.717. The fraction of sp³-hybridized carbons (Fsp3) is 1.00. The molecule has 4 saturated carbocycles. The molecule has 66 valence electrons. The summed E-state index contributed by atoms with van der Waals surface area (Å²) in [6.07, 6.45) is 8.32. The third-order valence-electron chi connectivity index (χ3n) is 4.91. The fourth-order valence-electron chi connectivity index (χ4n) is 4.83. The van der Waals surface area contributed by atoms with E-state index in [4.69, 9.17) is 4.74 Å². The molecule has 5 atom stereocenters. The van der Waals surface area contributed by atoms with Crippen LogP contribution in [-0.4, -0.2) is 12.7 Å². The second-order valence-electron chi connectivity index (χ2n) is 5.70. The molecule has 0 aromatic carbocycles. The summed E-state index contributed by atoms with van der Waals surface area (Å²) in [7, 11) is 0. The Bertz CT molecular complexity index is 221. The third-order valence-corrected chi connectivity index (χ3v) is 4.91. The van der Waals surface area contributed by atoms with Crippen LogP contribution in [0.4, 0.5) is 0 Å². The summed E-state index contributed by atoms with van der Waals surface area (Å²) in [6.45, 7) is 1.11. The second-order valence-corrected chi connectivity index (χ2v) is 5.70. The zero-order valence-corrected chi connectivity index (χ0v) is 7.46. The monoisotopic (exact) mass is 164 g/mol. The summed E-state index contributed by atoms with van der Waals surface area (Å²) in [5, 5.41) is 0. The molecule has 0 radical (unpaired) electrons. The van der Waals surface area contributed by atoms with Gasteiger partial charge in [0, 0.05) is 5.41 Å². The first-order valence-corrected chi connectivity index (χ1v) is 5.47. The van der Waals surface area contributed by atoms with E-state index in [-0.39, 0.29) is 0 Å². The molecule has 1 nitrogen and oxygen atoms in total. The first kappa shape index (κ1) is 6.42. The van der Waals surface area contributed by atoms with Crippen molar-refractivity contribution < 1.29 is 4.74 Å². The third kappa shape index (κ3) is 0.555. The SMILES string of the molecule is C1C2C[C@H]3C[C@@H]1CC1(COC21)C3. The van der Waals surface area contributed by atoms with Crippen molar-refractivity contribution in [2.24, 2.45) is 23.2 Å². The van der Waals surface area contributed by atoms with Crippen molar-refractivity contribution in [1.29, 1.82) is 0 Å². The van der Waals surface area contributed by atoms with Crippen LogP contribution >= 0.6 is 0 Å². The molecular formula is C11H16O. The van der Waals surface area contributed by atoms with Gasteiger partial charge in [0.25, 0.3) is 0 Å². The van der Waals surface area contributed by atoms with Gasteiger partial charge in [0.2, 0.25) is 0 Å². The van der Waals surface area contributed by atoms with Gasteiger partial charge in [-0.05, 0) is 49.9 Å². The maximum atomic E-state index is 5.76. The maximum Gasteiger partial charge on any atom is 0.0682 e. The maximum absolute atomic E-state index is 5.76. The largest absolute Gasteiger partial charge is 0.377 e. The van der Waals surface area contributed by atoms with Gasteiger partial charge in [-0.3, -0.25) is 0 Å². The zero-order valence-electron chi connectivity index (χ0n) is 7.46. The molecule has 4 bridgehead atoms. The fourth-order valence-corrected chi connectivity index (χ4v) is 4.83. The molecule has 0 aromatic rings. The van der Waals surface area contributed by atoms with Gasteiger partial charge in [0.15, 0.2) is 0 Å². The van der Waals surface area contributed by atoms with Crippen molar-refractivity contribution in [3.63, 3.8) is 0 Å². The molecule has 4 aliphatic carbocycles. The average Bonchev–Trinajstić information content (AvgIpc) is 1.98. The van der Waals surface area contributed by atoms with Gasteiger partial charge in [0.1, 0.15) is 0 Å². The normalized spacial score (nSPS) is 66.0. The van der Waals surface area contributed by atoms with Crippen molar-refractivity contribution in [2.45, 2.75) is 38.2 Å². The van der Waals surface area contributed by atoms with Crippen LogP contribution < -0.4 is 0 Å². The van der Waals surface area contributed by atoms with E-state index in [1.165, 1.54) is 25.7 Å².